The van der Waals surface area contributed by atoms with Gasteiger partial charge in [0.2, 0.25) is 0 Å². The molecule has 2 aliphatic carbocycles. The highest BCUT2D eigenvalue weighted by Gasteiger charge is 2.74. The van der Waals surface area contributed by atoms with Gasteiger partial charge in [0, 0.05) is 11.8 Å². The first-order valence-corrected chi connectivity index (χ1v) is 3.76. The van der Waals surface area contributed by atoms with Gasteiger partial charge in [-0.15, -0.1) is 0 Å². The van der Waals surface area contributed by atoms with Gasteiger partial charge in [0.25, 0.3) is 0 Å². The average Bonchev–Trinajstić information content (AvgIpc) is 2.55. The van der Waals surface area contributed by atoms with Crippen molar-refractivity contribution in [2.45, 2.75) is 30.8 Å². The minimum atomic E-state index is 0.713. The first-order chi connectivity index (χ1) is 4.45. The van der Waals surface area contributed by atoms with Crippen LogP contribution in [0.5, 0.6) is 0 Å². The van der Waals surface area contributed by atoms with E-state index in [1.54, 1.807) is 0 Å². The van der Waals surface area contributed by atoms with Crippen LogP contribution in [0.4, 0.5) is 0 Å². The maximum absolute atomic E-state index is 5.16. The molecule has 2 heteroatoms. The van der Waals surface area contributed by atoms with Crippen molar-refractivity contribution in [2.24, 2.45) is 11.8 Å². The van der Waals surface area contributed by atoms with Crippen molar-refractivity contribution in [3.8, 4) is 0 Å². The van der Waals surface area contributed by atoms with Crippen LogP contribution in [-0.2, 0) is 9.47 Å². The summed E-state index contributed by atoms with van der Waals surface area (Å²) in [6.07, 6.45) is 4.26. The number of rotatable bonds is 2. The third-order valence-electron chi connectivity index (χ3n) is 3.07. The number of hydrogen-bond acceptors (Lipinski definition) is 2. The van der Waals surface area contributed by atoms with Crippen molar-refractivity contribution >= 4 is 0 Å². The lowest BCUT2D eigenvalue weighted by atomic mass is 10.1. The Morgan fingerprint density at radius 3 is 1.44 bits per heavy atom. The highest BCUT2D eigenvalue weighted by Crippen LogP contribution is 2.64. The molecule has 2 heterocycles. The van der Waals surface area contributed by atoms with E-state index in [9.17, 15) is 0 Å². The van der Waals surface area contributed by atoms with Crippen LogP contribution in [0.2, 0.25) is 0 Å². The number of ether oxygens (including phenoxy) is 2. The molecule has 4 fully saturated rings. The fourth-order valence-electron chi connectivity index (χ4n) is 1.97. The van der Waals surface area contributed by atoms with Crippen LogP contribution >= 0.6 is 0 Å². The Labute approximate surface area is 53.1 Å². The van der Waals surface area contributed by atoms with Crippen molar-refractivity contribution in [3.05, 3.63) is 0 Å². The van der Waals surface area contributed by atoms with Gasteiger partial charge in [-0.2, -0.15) is 0 Å². The zero-order valence-corrected chi connectivity index (χ0v) is 4.99. The largest absolute Gasteiger partial charge is 0.369 e. The molecule has 0 aromatic carbocycles. The quantitative estimate of drug-likeness (QED) is 0.490. The summed E-state index contributed by atoms with van der Waals surface area (Å²) in [4.78, 5) is 0. The van der Waals surface area contributed by atoms with Gasteiger partial charge in [-0.1, -0.05) is 0 Å². The van der Waals surface area contributed by atoms with Gasteiger partial charge in [0.1, 0.15) is 0 Å². The van der Waals surface area contributed by atoms with Gasteiger partial charge >= 0.3 is 0 Å². The summed E-state index contributed by atoms with van der Waals surface area (Å²) in [6, 6.07) is 0. The number of epoxide rings is 2. The third kappa shape index (κ3) is 0.356. The molecular formula is C7H8O2. The molecule has 9 heavy (non-hydrogen) atoms. The van der Waals surface area contributed by atoms with Gasteiger partial charge in [-0.3, -0.25) is 0 Å². The fourth-order valence-corrected chi connectivity index (χ4v) is 1.97. The first-order valence-electron chi connectivity index (χ1n) is 3.76. The highest BCUT2D eigenvalue weighted by molar-refractivity contribution is 5.21. The molecule has 2 saturated heterocycles. The number of fused-ring (bicyclic) bond motifs is 2. The molecular weight excluding hydrogens is 116 g/mol. The minimum absolute atomic E-state index is 0.713. The zero-order valence-electron chi connectivity index (χ0n) is 4.99. The van der Waals surface area contributed by atoms with Crippen molar-refractivity contribution in [2.75, 3.05) is 0 Å². The lowest BCUT2D eigenvalue weighted by molar-refractivity contribution is 0.161. The molecule has 0 spiro atoms. The summed E-state index contributed by atoms with van der Waals surface area (Å²) in [5.41, 5.74) is 0. The highest BCUT2D eigenvalue weighted by atomic mass is 16.6. The van der Waals surface area contributed by atoms with Crippen LogP contribution in [0.3, 0.4) is 0 Å². The Morgan fingerprint density at radius 2 is 1.22 bits per heavy atom. The molecule has 4 atom stereocenters. The average molecular weight is 124 g/mol. The third-order valence-corrected chi connectivity index (χ3v) is 3.07. The van der Waals surface area contributed by atoms with Crippen molar-refractivity contribution in [1.82, 2.24) is 0 Å². The molecule has 0 bridgehead atoms. The molecule has 4 aliphatic rings. The van der Waals surface area contributed by atoms with E-state index in [0.717, 1.165) is 11.8 Å². The topological polar surface area (TPSA) is 25.1 Å². The van der Waals surface area contributed by atoms with Gasteiger partial charge < -0.3 is 9.47 Å². The summed E-state index contributed by atoms with van der Waals surface area (Å²) in [5, 5.41) is 0. The molecule has 2 aliphatic heterocycles. The Hall–Kier alpha value is -0.0800. The van der Waals surface area contributed by atoms with Gasteiger partial charge in [-0.05, 0) is 6.42 Å². The summed E-state index contributed by atoms with van der Waals surface area (Å²) < 4.78 is 10.3. The summed E-state index contributed by atoms with van der Waals surface area (Å²) in [5.74, 6) is 1.93. The van der Waals surface area contributed by atoms with Crippen molar-refractivity contribution < 1.29 is 9.47 Å². The second kappa shape index (κ2) is 0.867. The Balaban J connectivity index is 1.43. The van der Waals surface area contributed by atoms with Crippen LogP contribution < -0.4 is 0 Å². The Kier molecular flexibility index (Phi) is 0.379. The molecule has 0 aromatic rings. The predicted molar refractivity (Wildman–Crippen MR) is 28.9 cm³/mol. The Morgan fingerprint density at radius 1 is 0.778 bits per heavy atom. The fraction of sp³-hybridized carbons (Fsp3) is 1.00. The van der Waals surface area contributed by atoms with Crippen molar-refractivity contribution in [3.63, 3.8) is 0 Å². The van der Waals surface area contributed by atoms with E-state index in [-0.39, 0.29) is 0 Å². The summed E-state index contributed by atoms with van der Waals surface area (Å²) >= 11 is 0. The van der Waals surface area contributed by atoms with E-state index < -0.39 is 0 Å². The standard InChI is InChI=1S/C7H8O2/c1(2-4-5(2)8-4)3-6-7(3)9-6/h2-7H,1H2. The van der Waals surface area contributed by atoms with Crippen LogP contribution in [-0.4, -0.2) is 24.4 Å². The second-order valence-electron chi connectivity index (χ2n) is 3.69. The van der Waals surface area contributed by atoms with E-state index >= 15 is 0 Å². The van der Waals surface area contributed by atoms with E-state index in [0.29, 0.717) is 24.4 Å². The van der Waals surface area contributed by atoms with E-state index in [4.69, 9.17) is 9.47 Å². The normalized spacial score (nSPS) is 78.7. The molecule has 2 saturated carbocycles. The van der Waals surface area contributed by atoms with Gasteiger partial charge in [0.15, 0.2) is 0 Å². The SMILES string of the molecule is C(C1C2OC12)C1C2OC12. The van der Waals surface area contributed by atoms with Gasteiger partial charge in [-0.25, -0.2) is 0 Å². The monoisotopic (exact) mass is 124 g/mol. The first kappa shape index (κ1) is 3.94. The molecule has 0 aromatic heterocycles. The van der Waals surface area contributed by atoms with E-state index in [1.165, 1.54) is 6.42 Å². The lowest BCUT2D eigenvalue weighted by Gasteiger charge is -2.03. The lowest BCUT2D eigenvalue weighted by Crippen LogP contribution is -2.03. The summed E-state index contributed by atoms with van der Waals surface area (Å²) in [7, 11) is 0. The summed E-state index contributed by atoms with van der Waals surface area (Å²) in [6.45, 7) is 0. The molecule has 0 N–H and O–H groups in total. The van der Waals surface area contributed by atoms with Crippen LogP contribution in [0.1, 0.15) is 6.42 Å². The van der Waals surface area contributed by atoms with Crippen LogP contribution in [0.25, 0.3) is 0 Å². The van der Waals surface area contributed by atoms with Crippen molar-refractivity contribution in [1.29, 1.82) is 0 Å². The minimum Gasteiger partial charge on any atom is -0.369 e. The Bertz CT molecular complexity index is 155. The molecule has 2 nitrogen and oxygen atoms in total. The van der Waals surface area contributed by atoms with Crippen LogP contribution in [0.15, 0.2) is 0 Å². The van der Waals surface area contributed by atoms with Gasteiger partial charge in [0.05, 0.1) is 24.4 Å². The maximum atomic E-state index is 5.16. The predicted octanol–water partition coefficient (Wildman–Crippen LogP) is 0.171. The maximum Gasteiger partial charge on any atom is 0.0899 e. The zero-order chi connectivity index (χ0) is 5.59. The second-order valence-corrected chi connectivity index (χ2v) is 3.69. The number of hydrogen-bond donors (Lipinski definition) is 0. The molecule has 0 amide bonds. The molecule has 4 unspecified atom stereocenters. The molecule has 4 rings (SSSR count). The molecule has 0 radical (unpaired) electrons. The smallest absolute Gasteiger partial charge is 0.0899 e. The van der Waals surface area contributed by atoms with E-state index in [1.807, 2.05) is 0 Å². The van der Waals surface area contributed by atoms with Crippen LogP contribution in [0, 0.1) is 11.8 Å². The van der Waals surface area contributed by atoms with E-state index in [2.05, 4.69) is 0 Å². The molecule has 48 valence electrons.